The van der Waals surface area contributed by atoms with Gasteiger partial charge in [0.05, 0.1) is 23.2 Å². The van der Waals surface area contributed by atoms with Crippen LogP contribution in [0, 0.1) is 6.92 Å². The molecule has 6 nitrogen and oxygen atoms in total. The van der Waals surface area contributed by atoms with Gasteiger partial charge < -0.3 is 10.2 Å². The molecule has 3 aromatic rings. The van der Waals surface area contributed by atoms with Crippen LogP contribution in [-0.4, -0.2) is 32.1 Å². The van der Waals surface area contributed by atoms with E-state index in [1.165, 1.54) is 29.2 Å². The minimum atomic E-state index is -1.02. The van der Waals surface area contributed by atoms with Gasteiger partial charge in [-0.3, -0.25) is 4.79 Å². The summed E-state index contributed by atoms with van der Waals surface area (Å²) in [4.78, 5) is 31.8. The number of carboxylic acid groups (broad SMARTS) is 2. The molecule has 0 saturated carbocycles. The van der Waals surface area contributed by atoms with Crippen molar-refractivity contribution in [1.82, 2.24) is 9.97 Å². The first-order chi connectivity index (χ1) is 11.4. The molecule has 0 aliphatic rings. The smallest absolute Gasteiger partial charge is 0.336 e. The first-order valence-corrected chi connectivity index (χ1v) is 8.56. The number of aliphatic carboxylic acids is 1. The van der Waals surface area contributed by atoms with Crippen LogP contribution in [0.15, 0.2) is 39.7 Å². The number of carbonyl (C=O) groups is 2. The van der Waals surface area contributed by atoms with Crippen LogP contribution in [0.2, 0.25) is 0 Å². The molecule has 0 bridgehead atoms. The van der Waals surface area contributed by atoms with Crippen LogP contribution in [0.1, 0.15) is 20.9 Å². The number of hydrogen-bond donors (Lipinski definition) is 2. The van der Waals surface area contributed by atoms with Crippen molar-refractivity contribution in [3.05, 3.63) is 46.5 Å². The van der Waals surface area contributed by atoms with E-state index in [9.17, 15) is 14.7 Å². The number of hydrogen-bond acceptors (Lipinski definition) is 6. The van der Waals surface area contributed by atoms with Crippen molar-refractivity contribution in [2.24, 2.45) is 0 Å². The van der Waals surface area contributed by atoms with E-state index in [2.05, 4.69) is 9.97 Å². The average molecular weight is 360 g/mol. The van der Waals surface area contributed by atoms with Crippen molar-refractivity contribution in [2.75, 3.05) is 0 Å². The van der Waals surface area contributed by atoms with Gasteiger partial charge in [0.15, 0.2) is 4.34 Å². The number of thiazole rings is 1. The van der Waals surface area contributed by atoms with Crippen molar-refractivity contribution in [3.63, 3.8) is 0 Å². The lowest BCUT2D eigenvalue weighted by Gasteiger charge is -2.05. The lowest BCUT2D eigenvalue weighted by molar-refractivity contribution is -0.136. The fourth-order valence-corrected chi connectivity index (χ4v) is 4.41. The third kappa shape index (κ3) is 3.39. The maximum absolute atomic E-state index is 11.5. The van der Waals surface area contributed by atoms with E-state index in [0.29, 0.717) is 30.8 Å². The fraction of sp³-hybridized carbons (Fsp3) is 0.125. The maximum atomic E-state index is 11.5. The highest BCUT2D eigenvalue weighted by Crippen LogP contribution is 2.34. The second-order valence-electron chi connectivity index (χ2n) is 4.99. The van der Waals surface area contributed by atoms with Crippen LogP contribution in [0.4, 0.5) is 0 Å². The lowest BCUT2D eigenvalue weighted by atomic mass is 10.1. The number of pyridine rings is 1. The second kappa shape index (κ2) is 6.58. The predicted octanol–water partition coefficient (Wildman–Crippen LogP) is 3.48. The number of aromatic nitrogens is 2. The quantitative estimate of drug-likeness (QED) is 0.718. The third-order valence-corrected chi connectivity index (χ3v) is 5.44. The molecule has 0 saturated heterocycles. The summed E-state index contributed by atoms with van der Waals surface area (Å²) >= 11 is 2.52. The van der Waals surface area contributed by atoms with Crippen molar-refractivity contribution >= 4 is 45.9 Å². The molecular formula is C16H12N2O4S2. The van der Waals surface area contributed by atoms with E-state index in [4.69, 9.17) is 5.11 Å². The first-order valence-electron chi connectivity index (χ1n) is 6.93. The molecule has 0 aliphatic heterocycles. The molecule has 3 rings (SSSR count). The summed E-state index contributed by atoms with van der Waals surface area (Å²) in [6.07, 6.45) is -0.0738. The summed E-state index contributed by atoms with van der Waals surface area (Å²) in [6.45, 7) is 1.76. The molecule has 2 heterocycles. The maximum Gasteiger partial charge on any atom is 0.336 e. The largest absolute Gasteiger partial charge is 0.481 e. The van der Waals surface area contributed by atoms with Crippen molar-refractivity contribution < 1.29 is 19.8 Å². The van der Waals surface area contributed by atoms with Gasteiger partial charge in [-0.05, 0) is 30.8 Å². The van der Waals surface area contributed by atoms with E-state index in [0.717, 1.165) is 0 Å². The number of benzene rings is 1. The SMILES string of the molecule is Cc1nc(Sc2cc(C(=O)O)c3ccccc3n2)sc1CC(=O)O. The Morgan fingerprint density at radius 1 is 1.21 bits per heavy atom. The molecule has 0 spiro atoms. The van der Waals surface area contributed by atoms with Crippen molar-refractivity contribution in [3.8, 4) is 0 Å². The topological polar surface area (TPSA) is 100 Å². The highest BCUT2D eigenvalue weighted by Gasteiger charge is 2.15. The minimum Gasteiger partial charge on any atom is -0.481 e. The molecule has 0 amide bonds. The number of rotatable bonds is 5. The molecule has 0 radical (unpaired) electrons. The Kier molecular flexibility index (Phi) is 4.50. The Labute approximate surface area is 145 Å². The number of nitrogens with zero attached hydrogens (tertiary/aromatic N) is 2. The van der Waals surface area contributed by atoms with Gasteiger partial charge in [0.25, 0.3) is 0 Å². The minimum absolute atomic E-state index is 0.0738. The highest BCUT2D eigenvalue weighted by molar-refractivity contribution is 8.01. The monoisotopic (exact) mass is 360 g/mol. The highest BCUT2D eigenvalue weighted by atomic mass is 32.2. The van der Waals surface area contributed by atoms with Gasteiger partial charge in [0.1, 0.15) is 5.03 Å². The lowest BCUT2D eigenvalue weighted by Crippen LogP contribution is -1.99. The molecule has 2 N–H and O–H groups in total. The number of aryl methyl sites for hydroxylation is 1. The Morgan fingerprint density at radius 2 is 1.96 bits per heavy atom. The van der Waals surface area contributed by atoms with Crippen LogP contribution in [0.5, 0.6) is 0 Å². The van der Waals surface area contributed by atoms with Crippen LogP contribution < -0.4 is 0 Å². The summed E-state index contributed by atoms with van der Waals surface area (Å²) in [5, 5.41) is 19.4. The van der Waals surface area contributed by atoms with Crippen molar-refractivity contribution in [1.29, 1.82) is 0 Å². The Hall–Kier alpha value is -2.45. The van der Waals surface area contributed by atoms with Gasteiger partial charge in [-0.2, -0.15) is 0 Å². The summed E-state index contributed by atoms with van der Waals surface area (Å²) < 4.78 is 0.642. The van der Waals surface area contributed by atoms with E-state index in [1.54, 1.807) is 31.2 Å². The van der Waals surface area contributed by atoms with E-state index < -0.39 is 11.9 Å². The summed E-state index contributed by atoms with van der Waals surface area (Å²) in [6, 6.07) is 8.57. The molecule has 0 atom stereocenters. The molecule has 2 aromatic heterocycles. The zero-order valence-corrected chi connectivity index (χ0v) is 14.1. The first kappa shape index (κ1) is 16.4. The van der Waals surface area contributed by atoms with Gasteiger partial charge in [0.2, 0.25) is 0 Å². The second-order valence-corrected chi connectivity index (χ2v) is 7.34. The molecule has 8 heteroatoms. The molecule has 0 fully saturated rings. The van der Waals surface area contributed by atoms with E-state index in [1.807, 2.05) is 0 Å². The molecule has 122 valence electrons. The number of fused-ring (bicyclic) bond motifs is 1. The van der Waals surface area contributed by atoms with Gasteiger partial charge in [-0.15, -0.1) is 11.3 Å². The average Bonchev–Trinajstić information content (AvgIpc) is 2.85. The Bertz CT molecular complexity index is 952. The molecule has 0 unspecified atom stereocenters. The van der Waals surface area contributed by atoms with Crippen LogP contribution in [0.25, 0.3) is 10.9 Å². The number of carboxylic acids is 2. The van der Waals surface area contributed by atoms with Crippen LogP contribution >= 0.6 is 23.1 Å². The van der Waals surface area contributed by atoms with Gasteiger partial charge in [-0.1, -0.05) is 18.2 Å². The zero-order valence-electron chi connectivity index (χ0n) is 12.5. The summed E-state index contributed by atoms with van der Waals surface area (Å²) in [5.41, 5.74) is 1.45. The van der Waals surface area contributed by atoms with E-state index in [-0.39, 0.29) is 12.0 Å². The van der Waals surface area contributed by atoms with Gasteiger partial charge >= 0.3 is 11.9 Å². The Balaban J connectivity index is 1.98. The van der Waals surface area contributed by atoms with E-state index >= 15 is 0 Å². The van der Waals surface area contributed by atoms with Crippen LogP contribution in [0.3, 0.4) is 0 Å². The van der Waals surface area contributed by atoms with Crippen molar-refractivity contribution in [2.45, 2.75) is 22.7 Å². The Morgan fingerprint density at radius 3 is 2.67 bits per heavy atom. The molecule has 0 aliphatic carbocycles. The molecular weight excluding hydrogens is 348 g/mol. The molecule has 24 heavy (non-hydrogen) atoms. The fourth-order valence-electron chi connectivity index (χ4n) is 2.22. The molecule has 1 aromatic carbocycles. The zero-order chi connectivity index (χ0) is 17.3. The van der Waals surface area contributed by atoms with Gasteiger partial charge in [0, 0.05) is 10.3 Å². The standard InChI is InChI=1S/C16H12N2O4S2/c1-8-12(7-14(19)20)23-16(17-8)24-13-6-10(15(21)22)9-4-2-3-5-11(9)18-13/h2-6H,7H2,1H3,(H,19,20)(H,21,22). The third-order valence-electron chi connectivity index (χ3n) is 3.30. The van der Waals surface area contributed by atoms with Crippen LogP contribution in [-0.2, 0) is 11.2 Å². The number of aromatic carboxylic acids is 1. The van der Waals surface area contributed by atoms with Gasteiger partial charge in [-0.25, -0.2) is 14.8 Å². The normalized spacial score (nSPS) is 10.9. The predicted molar refractivity (Wildman–Crippen MR) is 91.0 cm³/mol. The summed E-state index contributed by atoms with van der Waals surface area (Å²) in [5.74, 6) is -1.92. The number of para-hydroxylation sites is 1. The summed E-state index contributed by atoms with van der Waals surface area (Å²) in [7, 11) is 0.